The zero-order valence-corrected chi connectivity index (χ0v) is 67.1. The summed E-state index contributed by atoms with van der Waals surface area (Å²) in [6, 6.07) is 0. The first-order valence-corrected chi connectivity index (χ1v) is 45.1. The lowest BCUT2D eigenvalue weighted by Gasteiger charge is -2.21. The van der Waals surface area contributed by atoms with Crippen LogP contribution in [0.15, 0.2) is 0 Å². The molecule has 2 unspecified atom stereocenters. The number of hydrogen-bond acceptors (Lipinski definition) is 15. The second-order valence-electron chi connectivity index (χ2n) is 29.6. The number of aliphatic hydroxyl groups is 1. The molecule has 0 radical (unpaired) electrons. The Morgan fingerprint density at radius 1 is 0.270 bits per heavy atom. The molecule has 3 N–H and O–H groups in total. The molecule has 0 aliphatic heterocycles. The predicted molar refractivity (Wildman–Crippen MR) is 409 cm³/mol. The standard InChI is InChI=1S/C81H158O17P2/c1-6-9-12-15-18-21-24-27-30-32-33-36-39-42-45-52-57-62-67-80(85)97-76(70-91-78(83)64-59-54-49-43-40-37-35-31-28-25-22-19-16-13-10-7-2)72-95-99(87,88)93-68-75(82)69-94-100(89,90)96-73-77(71-92-79(84)65-60-55-50-47-46-48-53-58-63-74(4)5)98-81(86)66-61-56-51-44-41-38-34-29-26-23-20-17-14-11-8-3/h74-77,82H,6-73H2,1-5H3,(H,87,88)(H,89,90)/t75-,76-,77-/m1/s1. The number of aliphatic hydroxyl groups excluding tert-OH is 1. The Balaban J connectivity index is 5.25. The number of unbranched alkanes of at least 4 members (excludes halogenated alkanes) is 53. The van der Waals surface area contributed by atoms with E-state index in [1.807, 2.05) is 0 Å². The van der Waals surface area contributed by atoms with Gasteiger partial charge in [0.1, 0.15) is 19.3 Å². The largest absolute Gasteiger partial charge is 0.472 e. The maximum Gasteiger partial charge on any atom is 0.472 e. The van der Waals surface area contributed by atoms with Gasteiger partial charge in [-0.15, -0.1) is 0 Å². The van der Waals surface area contributed by atoms with Crippen molar-refractivity contribution in [3.05, 3.63) is 0 Å². The highest BCUT2D eigenvalue weighted by Gasteiger charge is 2.30. The van der Waals surface area contributed by atoms with Gasteiger partial charge in [0.15, 0.2) is 12.2 Å². The number of rotatable bonds is 81. The number of ether oxygens (including phenoxy) is 4. The van der Waals surface area contributed by atoms with Crippen LogP contribution >= 0.6 is 15.6 Å². The first-order chi connectivity index (χ1) is 48.5. The summed E-state index contributed by atoms with van der Waals surface area (Å²) in [5, 5.41) is 10.6. The van der Waals surface area contributed by atoms with Crippen LogP contribution in [0.4, 0.5) is 0 Å². The fourth-order valence-corrected chi connectivity index (χ4v) is 14.2. The van der Waals surface area contributed by atoms with Gasteiger partial charge in [0.25, 0.3) is 0 Å². The molecular weight excluding hydrogens is 1310 g/mol. The Labute approximate surface area is 613 Å². The van der Waals surface area contributed by atoms with Gasteiger partial charge in [0, 0.05) is 25.7 Å². The second-order valence-corrected chi connectivity index (χ2v) is 32.5. The molecule has 0 amide bonds. The van der Waals surface area contributed by atoms with E-state index >= 15 is 0 Å². The van der Waals surface area contributed by atoms with Crippen LogP contribution in [-0.4, -0.2) is 96.7 Å². The minimum Gasteiger partial charge on any atom is -0.462 e. The summed E-state index contributed by atoms with van der Waals surface area (Å²) in [5.41, 5.74) is 0. The molecule has 0 aliphatic rings. The number of esters is 4. The summed E-state index contributed by atoms with van der Waals surface area (Å²) in [5.74, 6) is -1.38. The third-order valence-corrected chi connectivity index (χ3v) is 20.9. The average molecular weight is 1470 g/mol. The minimum absolute atomic E-state index is 0.108. The summed E-state index contributed by atoms with van der Waals surface area (Å²) in [7, 11) is -9.92. The van der Waals surface area contributed by atoms with Gasteiger partial charge in [-0.2, -0.15) is 0 Å². The third-order valence-electron chi connectivity index (χ3n) is 19.0. The molecule has 0 rings (SSSR count). The van der Waals surface area contributed by atoms with Gasteiger partial charge in [-0.3, -0.25) is 37.3 Å². The van der Waals surface area contributed by atoms with Crippen LogP contribution in [0.25, 0.3) is 0 Å². The molecule has 0 aliphatic carbocycles. The lowest BCUT2D eigenvalue weighted by atomic mass is 10.0. The van der Waals surface area contributed by atoms with Gasteiger partial charge >= 0.3 is 39.5 Å². The first-order valence-electron chi connectivity index (χ1n) is 42.1. The summed E-state index contributed by atoms with van der Waals surface area (Å²) >= 11 is 0. The van der Waals surface area contributed by atoms with Crippen molar-refractivity contribution in [2.75, 3.05) is 39.6 Å². The molecule has 0 aromatic heterocycles. The van der Waals surface area contributed by atoms with Crippen LogP contribution in [0.1, 0.15) is 433 Å². The fraction of sp³-hybridized carbons (Fsp3) is 0.951. The zero-order valence-electron chi connectivity index (χ0n) is 65.3. The predicted octanol–water partition coefficient (Wildman–Crippen LogP) is 24.4. The molecule has 0 bridgehead atoms. The van der Waals surface area contributed by atoms with Crippen molar-refractivity contribution in [1.82, 2.24) is 0 Å². The number of phosphoric acid groups is 2. The highest BCUT2D eigenvalue weighted by molar-refractivity contribution is 7.47. The Hall–Kier alpha value is -1.94. The van der Waals surface area contributed by atoms with Gasteiger partial charge in [0.2, 0.25) is 0 Å². The Morgan fingerprint density at radius 2 is 0.460 bits per heavy atom. The van der Waals surface area contributed by atoms with E-state index in [4.69, 9.17) is 37.0 Å². The SMILES string of the molecule is CCCCCCCCCCCCCCCCCCCCC(=O)O[C@H](COC(=O)CCCCCCCCCCCCCCCCCC)COP(=O)(O)OC[C@@H](O)COP(=O)(O)OC[C@@H](COC(=O)CCCCCCCCCCC(C)C)OC(=O)CCCCCCCCCCCCCCCCC. The van der Waals surface area contributed by atoms with Crippen molar-refractivity contribution in [1.29, 1.82) is 0 Å². The summed E-state index contributed by atoms with van der Waals surface area (Å²) in [6.07, 6.45) is 65.2. The maximum atomic E-state index is 13.1. The maximum absolute atomic E-state index is 13.1. The Bertz CT molecular complexity index is 1910. The molecule has 0 fully saturated rings. The van der Waals surface area contributed by atoms with Crippen molar-refractivity contribution in [2.24, 2.45) is 5.92 Å². The Kier molecular flexibility index (Phi) is 72.5. The number of hydrogen-bond donors (Lipinski definition) is 3. The van der Waals surface area contributed by atoms with E-state index in [1.54, 1.807) is 0 Å². The van der Waals surface area contributed by atoms with Crippen LogP contribution in [0, 0.1) is 5.92 Å². The lowest BCUT2D eigenvalue weighted by Crippen LogP contribution is -2.30. The molecular formula is C81H158O17P2. The summed E-state index contributed by atoms with van der Waals surface area (Å²) in [6.45, 7) is 7.31. The molecule has 19 heteroatoms. The van der Waals surface area contributed by atoms with Gasteiger partial charge in [-0.25, -0.2) is 9.13 Å². The van der Waals surface area contributed by atoms with E-state index < -0.39 is 97.5 Å². The van der Waals surface area contributed by atoms with Crippen LogP contribution in [0.2, 0.25) is 0 Å². The van der Waals surface area contributed by atoms with Gasteiger partial charge < -0.3 is 33.8 Å². The molecule has 594 valence electrons. The average Bonchev–Trinajstić information content (AvgIpc) is 0.936. The normalized spacial score (nSPS) is 13.8. The monoisotopic (exact) mass is 1470 g/mol. The quantitative estimate of drug-likeness (QED) is 0.0222. The Morgan fingerprint density at radius 3 is 0.680 bits per heavy atom. The smallest absolute Gasteiger partial charge is 0.462 e. The topological polar surface area (TPSA) is 237 Å². The van der Waals surface area contributed by atoms with Crippen LogP contribution in [-0.2, 0) is 65.4 Å². The van der Waals surface area contributed by atoms with E-state index in [1.165, 1.54) is 257 Å². The van der Waals surface area contributed by atoms with Gasteiger partial charge in [-0.1, -0.05) is 381 Å². The highest BCUT2D eigenvalue weighted by Crippen LogP contribution is 2.45. The van der Waals surface area contributed by atoms with E-state index in [-0.39, 0.29) is 25.7 Å². The van der Waals surface area contributed by atoms with Crippen LogP contribution in [0.3, 0.4) is 0 Å². The van der Waals surface area contributed by atoms with Gasteiger partial charge in [0.05, 0.1) is 26.4 Å². The summed E-state index contributed by atoms with van der Waals surface area (Å²) < 4.78 is 68.7. The van der Waals surface area contributed by atoms with Crippen molar-refractivity contribution < 1.29 is 80.2 Å². The van der Waals surface area contributed by atoms with E-state index in [2.05, 4.69) is 34.6 Å². The molecule has 0 heterocycles. The lowest BCUT2D eigenvalue weighted by molar-refractivity contribution is -0.161. The molecule has 100 heavy (non-hydrogen) atoms. The molecule has 0 saturated carbocycles. The zero-order chi connectivity index (χ0) is 73.4. The summed E-state index contributed by atoms with van der Waals surface area (Å²) in [4.78, 5) is 73.1. The van der Waals surface area contributed by atoms with Crippen molar-refractivity contribution >= 4 is 39.5 Å². The van der Waals surface area contributed by atoms with Crippen molar-refractivity contribution in [3.8, 4) is 0 Å². The fourth-order valence-electron chi connectivity index (χ4n) is 12.6. The van der Waals surface area contributed by atoms with Gasteiger partial charge in [-0.05, 0) is 31.6 Å². The van der Waals surface area contributed by atoms with E-state index in [9.17, 15) is 43.2 Å². The van der Waals surface area contributed by atoms with Crippen molar-refractivity contribution in [2.45, 2.75) is 451 Å². The molecule has 17 nitrogen and oxygen atoms in total. The van der Waals surface area contributed by atoms with Crippen LogP contribution in [0.5, 0.6) is 0 Å². The third kappa shape index (κ3) is 74.3. The number of carbonyl (C=O) groups excluding carboxylic acids is 4. The van der Waals surface area contributed by atoms with Crippen molar-refractivity contribution in [3.63, 3.8) is 0 Å². The number of phosphoric ester groups is 2. The molecule has 0 saturated heterocycles. The molecule has 0 aromatic rings. The molecule has 0 aromatic carbocycles. The van der Waals surface area contributed by atoms with Crippen LogP contribution < -0.4 is 0 Å². The van der Waals surface area contributed by atoms with E-state index in [0.717, 1.165) is 95.8 Å². The highest BCUT2D eigenvalue weighted by atomic mass is 31.2. The molecule has 0 spiro atoms. The van der Waals surface area contributed by atoms with E-state index in [0.29, 0.717) is 25.7 Å². The molecule has 5 atom stereocenters. The second kappa shape index (κ2) is 73.9. The minimum atomic E-state index is -4.96. The first kappa shape index (κ1) is 98.1. The number of carbonyl (C=O) groups is 4.